The third-order valence-electron chi connectivity index (χ3n) is 1.62. The highest BCUT2D eigenvalue weighted by Gasteiger charge is 2.15. The smallest absolute Gasteiger partial charge is 0.320 e. The van der Waals surface area contributed by atoms with Crippen LogP contribution in [0, 0.1) is 6.92 Å². The number of nitrogens with one attached hydrogen (secondary N) is 1. The molecule has 0 aromatic carbocycles. The van der Waals surface area contributed by atoms with Gasteiger partial charge in [0.05, 0.1) is 5.69 Å². The van der Waals surface area contributed by atoms with E-state index < -0.39 is 12.0 Å². The Morgan fingerprint density at radius 2 is 2.46 bits per heavy atom. The first-order valence-electron chi connectivity index (χ1n) is 3.73. The summed E-state index contributed by atoms with van der Waals surface area (Å²) in [7, 11) is 0. The quantitative estimate of drug-likeness (QED) is 0.516. The number of aromatic nitrogens is 2. The molecule has 1 heterocycles. The van der Waals surface area contributed by atoms with Gasteiger partial charge in [-0.05, 0) is 6.92 Å². The number of imidazole rings is 1. The molecule has 0 fully saturated rings. The molecule has 0 aliphatic carbocycles. The monoisotopic (exact) mass is 201 g/mol. The molecule has 4 N–H and O–H groups in total. The third kappa shape index (κ3) is 2.46. The highest BCUT2D eigenvalue weighted by Crippen LogP contribution is 2.11. The summed E-state index contributed by atoms with van der Waals surface area (Å²) in [6, 6.07) is -0.911. The first-order chi connectivity index (χ1) is 6.00. The van der Waals surface area contributed by atoms with Crippen LogP contribution >= 0.6 is 12.6 Å². The number of aliphatic carboxylic acids is 1. The van der Waals surface area contributed by atoms with E-state index in [0.29, 0.717) is 16.5 Å². The van der Waals surface area contributed by atoms with Crippen LogP contribution in [-0.2, 0) is 11.2 Å². The van der Waals surface area contributed by atoms with Gasteiger partial charge in [-0.15, -0.1) is 12.6 Å². The maximum absolute atomic E-state index is 10.4. The number of carbonyl (C=O) groups is 1. The number of carboxylic acid groups (broad SMARTS) is 1. The minimum atomic E-state index is -1.03. The number of hydrogen-bond acceptors (Lipinski definition) is 4. The van der Waals surface area contributed by atoms with Crippen molar-refractivity contribution in [1.29, 1.82) is 0 Å². The Balaban J connectivity index is 2.74. The zero-order chi connectivity index (χ0) is 10.0. The highest BCUT2D eigenvalue weighted by molar-refractivity contribution is 7.80. The van der Waals surface area contributed by atoms with E-state index in [0.717, 1.165) is 0 Å². The van der Waals surface area contributed by atoms with Gasteiger partial charge in [-0.25, -0.2) is 4.98 Å². The van der Waals surface area contributed by atoms with Crippen LogP contribution in [0.3, 0.4) is 0 Å². The van der Waals surface area contributed by atoms with Gasteiger partial charge < -0.3 is 15.8 Å². The lowest BCUT2D eigenvalue weighted by Crippen LogP contribution is -2.32. The molecule has 1 aromatic rings. The van der Waals surface area contributed by atoms with Crippen LogP contribution < -0.4 is 5.73 Å². The summed E-state index contributed by atoms with van der Waals surface area (Å²) in [6.45, 7) is 1.77. The Bertz CT molecular complexity index is 324. The molecule has 5 nitrogen and oxygen atoms in total. The molecule has 0 spiro atoms. The molecule has 0 radical (unpaired) electrons. The standard InChI is InChI=1S/C7H11N3O2S/c1-3-9-5(6(13)10-3)2-4(8)7(11)12/h4,13H,2,8H2,1H3,(H,9,10)(H,11,12). The molecule has 6 heteroatoms. The Morgan fingerprint density at radius 3 is 2.85 bits per heavy atom. The lowest BCUT2D eigenvalue weighted by Gasteiger charge is -2.03. The van der Waals surface area contributed by atoms with Crippen LogP contribution in [0.25, 0.3) is 0 Å². The largest absolute Gasteiger partial charge is 0.480 e. The first kappa shape index (κ1) is 10.1. The number of carboxylic acids is 1. The maximum Gasteiger partial charge on any atom is 0.320 e. The number of thiol groups is 1. The fourth-order valence-electron chi connectivity index (χ4n) is 0.978. The van der Waals surface area contributed by atoms with Gasteiger partial charge in [0.2, 0.25) is 0 Å². The predicted molar refractivity (Wildman–Crippen MR) is 49.9 cm³/mol. The van der Waals surface area contributed by atoms with E-state index in [1.54, 1.807) is 6.92 Å². The van der Waals surface area contributed by atoms with Crippen LogP contribution in [-0.4, -0.2) is 27.1 Å². The number of nitrogens with two attached hydrogens (primary N) is 1. The molecule has 13 heavy (non-hydrogen) atoms. The molecule has 72 valence electrons. The average molecular weight is 201 g/mol. The number of H-pyrrole nitrogens is 1. The number of rotatable bonds is 3. The lowest BCUT2D eigenvalue weighted by atomic mass is 10.2. The van der Waals surface area contributed by atoms with E-state index in [1.165, 1.54) is 0 Å². The van der Waals surface area contributed by atoms with Crippen molar-refractivity contribution in [3.05, 3.63) is 11.5 Å². The Morgan fingerprint density at radius 1 is 1.85 bits per heavy atom. The van der Waals surface area contributed by atoms with Crippen molar-refractivity contribution in [2.75, 3.05) is 0 Å². The van der Waals surface area contributed by atoms with Crippen molar-refractivity contribution >= 4 is 18.6 Å². The number of hydrogen-bond donors (Lipinski definition) is 4. The van der Waals surface area contributed by atoms with E-state index in [1.807, 2.05) is 0 Å². The van der Waals surface area contributed by atoms with Crippen molar-refractivity contribution < 1.29 is 9.90 Å². The SMILES string of the molecule is Cc1nc(S)c(CC(N)C(=O)O)[nH]1. The summed E-state index contributed by atoms with van der Waals surface area (Å²) < 4.78 is 0. The Kier molecular flexibility index (Phi) is 2.94. The summed E-state index contributed by atoms with van der Waals surface area (Å²) in [5, 5.41) is 9.07. The molecule has 0 amide bonds. The van der Waals surface area contributed by atoms with Crippen LogP contribution in [0.4, 0.5) is 0 Å². The topological polar surface area (TPSA) is 92.0 Å². The van der Waals surface area contributed by atoms with Crippen LogP contribution in [0.5, 0.6) is 0 Å². The Labute approximate surface area is 80.8 Å². The number of aromatic amines is 1. The van der Waals surface area contributed by atoms with Gasteiger partial charge in [0, 0.05) is 6.42 Å². The van der Waals surface area contributed by atoms with E-state index in [9.17, 15) is 4.79 Å². The molecule has 1 aromatic heterocycles. The lowest BCUT2D eigenvalue weighted by molar-refractivity contribution is -0.138. The van der Waals surface area contributed by atoms with E-state index >= 15 is 0 Å². The van der Waals surface area contributed by atoms with Crippen molar-refractivity contribution in [3.8, 4) is 0 Å². The molecule has 1 rings (SSSR count). The Hall–Kier alpha value is -1.01. The van der Waals surface area contributed by atoms with E-state index in [2.05, 4.69) is 22.6 Å². The van der Waals surface area contributed by atoms with Gasteiger partial charge in [-0.1, -0.05) is 0 Å². The zero-order valence-corrected chi connectivity index (χ0v) is 8.01. The summed E-state index contributed by atoms with van der Waals surface area (Å²) in [6.07, 6.45) is 0.217. The van der Waals surface area contributed by atoms with Gasteiger partial charge in [0.25, 0.3) is 0 Å². The zero-order valence-electron chi connectivity index (χ0n) is 7.11. The highest BCUT2D eigenvalue weighted by atomic mass is 32.1. The summed E-state index contributed by atoms with van der Waals surface area (Å²) in [4.78, 5) is 17.3. The second kappa shape index (κ2) is 3.80. The molecule has 0 aliphatic rings. The normalized spacial score (nSPS) is 12.8. The predicted octanol–water partition coefficient (Wildman–Crippen LogP) is -0.0388. The van der Waals surface area contributed by atoms with Crippen LogP contribution in [0.15, 0.2) is 5.03 Å². The van der Waals surface area contributed by atoms with Gasteiger partial charge in [-0.3, -0.25) is 4.79 Å². The van der Waals surface area contributed by atoms with Crippen molar-refractivity contribution in [2.45, 2.75) is 24.4 Å². The fraction of sp³-hybridized carbons (Fsp3) is 0.429. The minimum absolute atomic E-state index is 0.217. The first-order valence-corrected chi connectivity index (χ1v) is 4.18. The molecule has 0 aliphatic heterocycles. The molecule has 0 saturated carbocycles. The number of nitrogens with zero attached hydrogens (tertiary/aromatic N) is 1. The second-order valence-electron chi connectivity index (χ2n) is 2.77. The molecular weight excluding hydrogens is 190 g/mol. The minimum Gasteiger partial charge on any atom is -0.480 e. The molecule has 0 bridgehead atoms. The van der Waals surface area contributed by atoms with Crippen molar-refractivity contribution in [2.24, 2.45) is 5.73 Å². The fourth-order valence-corrected chi connectivity index (χ4v) is 1.28. The van der Waals surface area contributed by atoms with E-state index in [-0.39, 0.29) is 6.42 Å². The summed E-state index contributed by atoms with van der Waals surface area (Å²) in [5.41, 5.74) is 6.01. The van der Waals surface area contributed by atoms with Gasteiger partial charge >= 0.3 is 5.97 Å². The molecule has 0 saturated heterocycles. The van der Waals surface area contributed by atoms with Gasteiger partial charge in [-0.2, -0.15) is 0 Å². The van der Waals surface area contributed by atoms with Gasteiger partial charge in [0.1, 0.15) is 16.9 Å². The van der Waals surface area contributed by atoms with Crippen LogP contribution in [0.1, 0.15) is 11.5 Å². The third-order valence-corrected chi connectivity index (χ3v) is 1.99. The van der Waals surface area contributed by atoms with Gasteiger partial charge in [0.15, 0.2) is 0 Å². The maximum atomic E-state index is 10.4. The summed E-state index contributed by atoms with van der Waals surface area (Å²) >= 11 is 4.07. The molecule has 1 unspecified atom stereocenters. The van der Waals surface area contributed by atoms with Crippen molar-refractivity contribution in [1.82, 2.24) is 9.97 Å². The van der Waals surface area contributed by atoms with E-state index in [4.69, 9.17) is 10.8 Å². The number of aryl methyl sites for hydroxylation is 1. The van der Waals surface area contributed by atoms with Crippen molar-refractivity contribution in [3.63, 3.8) is 0 Å². The summed E-state index contributed by atoms with van der Waals surface area (Å²) in [5.74, 6) is -0.322. The second-order valence-corrected chi connectivity index (χ2v) is 3.20. The molecule has 1 atom stereocenters. The molecular formula is C7H11N3O2S. The van der Waals surface area contributed by atoms with Crippen LogP contribution in [0.2, 0.25) is 0 Å². The average Bonchev–Trinajstić information content (AvgIpc) is 2.30.